The van der Waals surface area contributed by atoms with Gasteiger partial charge >= 0.3 is 0 Å². The van der Waals surface area contributed by atoms with E-state index in [0.29, 0.717) is 11.3 Å². The van der Waals surface area contributed by atoms with Gasteiger partial charge in [0.1, 0.15) is 0 Å². The number of benzene rings is 1. The van der Waals surface area contributed by atoms with Gasteiger partial charge in [-0.05, 0) is 32.3 Å². The number of carbonyl (C=O) groups is 1. The molecule has 1 aromatic heterocycles. The predicted molar refractivity (Wildman–Crippen MR) is 82.9 cm³/mol. The van der Waals surface area contributed by atoms with Crippen molar-refractivity contribution in [3.63, 3.8) is 0 Å². The number of hydrogen-bond acceptors (Lipinski definition) is 3. The molecule has 5 nitrogen and oxygen atoms in total. The minimum atomic E-state index is -0.140. The number of rotatable bonds is 5. The second kappa shape index (κ2) is 6.67. The van der Waals surface area contributed by atoms with Gasteiger partial charge in [-0.25, -0.2) is 0 Å². The largest absolute Gasteiger partial charge is 0.319 e. The molecule has 2 rings (SSSR count). The lowest BCUT2D eigenvalue weighted by Crippen LogP contribution is -2.18. The molecular formula is C14H17BrN4O. The van der Waals surface area contributed by atoms with E-state index in [-0.39, 0.29) is 5.91 Å². The molecule has 1 amide bonds. The molecule has 1 heterocycles. The number of anilines is 1. The van der Waals surface area contributed by atoms with E-state index in [1.165, 1.54) is 0 Å². The fraction of sp³-hybridized carbons (Fsp3) is 0.286. The highest BCUT2D eigenvalue weighted by Crippen LogP contribution is 2.13. The Morgan fingerprint density at radius 2 is 2.25 bits per heavy atom. The number of likely N-dealkylation sites (N-methyl/N-ethyl adjacent to an activating group) is 1. The third-order valence-electron chi connectivity index (χ3n) is 2.75. The molecule has 0 spiro atoms. The van der Waals surface area contributed by atoms with E-state index in [2.05, 4.69) is 31.2 Å². The third-order valence-corrected chi connectivity index (χ3v) is 3.25. The number of hydrogen-bond donors (Lipinski definition) is 1. The van der Waals surface area contributed by atoms with Gasteiger partial charge in [0.15, 0.2) is 0 Å². The average molecular weight is 337 g/mol. The molecule has 0 bridgehead atoms. The Bertz CT molecular complexity index is 594. The van der Waals surface area contributed by atoms with Crippen LogP contribution in [0.4, 0.5) is 5.69 Å². The van der Waals surface area contributed by atoms with E-state index in [4.69, 9.17) is 0 Å². The number of nitrogens with zero attached hydrogens (tertiary/aromatic N) is 3. The summed E-state index contributed by atoms with van der Waals surface area (Å²) in [6, 6.07) is 7.28. The molecule has 0 atom stereocenters. The van der Waals surface area contributed by atoms with Gasteiger partial charge in [0.25, 0.3) is 5.91 Å². The van der Waals surface area contributed by atoms with Gasteiger partial charge in [0, 0.05) is 22.8 Å². The van der Waals surface area contributed by atoms with E-state index in [0.717, 1.165) is 17.6 Å². The summed E-state index contributed by atoms with van der Waals surface area (Å²) in [6.45, 7) is 1.69. The molecule has 1 aromatic carbocycles. The van der Waals surface area contributed by atoms with Crippen molar-refractivity contribution in [3.8, 4) is 0 Å². The molecule has 0 unspecified atom stereocenters. The maximum Gasteiger partial charge on any atom is 0.255 e. The van der Waals surface area contributed by atoms with Crippen molar-refractivity contribution >= 4 is 27.5 Å². The summed E-state index contributed by atoms with van der Waals surface area (Å²) in [5, 5.41) is 7.06. The Morgan fingerprint density at radius 3 is 2.95 bits per heavy atom. The van der Waals surface area contributed by atoms with Crippen LogP contribution in [-0.2, 0) is 6.54 Å². The van der Waals surface area contributed by atoms with E-state index < -0.39 is 0 Å². The van der Waals surface area contributed by atoms with E-state index in [1.807, 2.05) is 37.1 Å². The first-order chi connectivity index (χ1) is 9.54. The smallest absolute Gasteiger partial charge is 0.255 e. The molecule has 2 aromatic rings. The molecule has 0 aliphatic carbocycles. The SMILES string of the molecule is CN(C)CCn1cc(NC(=O)c2cccc(Br)c2)cn1. The zero-order valence-corrected chi connectivity index (χ0v) is 13.1. The zero-order valence-electron chi connectivity index (χ0n) is 11.5. The third kappa shape index (κ3) is 4.18. The summed E-state index contributed by atoms with van der Waals surface area (Å²) in [7, 11) is 4.03. The van der Waals surface area contributed by atoms with Crippen LogP contribution in [0.2, 0.25) is 0 Å². The van der Waals surface area contributed by atoms with E-state index in [1.54, 1.807) is 18.3 Å². The van der Waals surface area contributed by atoms with Crippen LogP contribution in [0.1, 0.15) is 10.4 Å². The second-order valence-corrected chi connectivity index (χ2v) is 5.68. The van der Waals surface area contributed by atoms with Gasteiger partial charge in [-0.3, -0.25) is 9.48 Å². The monoisotopic (exact) mass is 336 g/mol. The van der Waals surface area contributed by atoms with Gasteiger partial charge in [0.2, 0.25) is 0 Å². The maximum atomic E-state index is 12.1. The number of amides is 1. The highest BCUT2D eigenvalue weighted by Gasteiger charge is 2.07. The van der Waals surface area contributed by atoms with Crippen molar-refractivity contribution in [2.24, 2.45) is 0 Å². The van der Waals surface area contributed by atoms with E-state index in [9.17, 15) is 4.79 Å². The Balaban J connectivity index is 1.98. The normalized spacial score (nSPS) is 10.8. The van der Waals surface area contributed by atoms with Crippen molar-refractivity contribution in [1.82, 2.24) is 14.7 Å². The standard InChI is InChI=1S/C14H17BrN4O/c1-18(2)6-7-19-10-13(9-16-19)17-14(20)11-4-3-5-12(15)8-11/h3-5,8-10H,6-7H2,1-2H3,(H,17,20). The first-order valence-corrected chi connectivity index (χ1v) is 7.08. The number of carbonyl (C=O) groups excluding carboxylic acids is 1. The number of halogens is 1. The highest BCUT2D eigenvalue weighted by molar-refractivity contribution is 9.10. The summed E-state index contributed by atoms with van der Waals surface area (Å²) >= 11 is 3.35. The van der Waals surface area contributed by atoms with Crippen LogP contribution in [0.3, 0.4) is 0 Å². The lowest BCUT2D eigenvalue weighted by atomic mass is 10.2. The lowest BCUT2D eigenvalue weighted by molar-refractivity contribution is 0.102. The summed E-state index contributed by atoms with van der Waals surface area (Å²) in [4.78, 5) is 14.1. The van der Waals surface area contributed by atoms with Crippen LogP contribution >= 0.6 is 15.9 Å². The van der Waals surface area contributed by atoms with Crippen LogP contribution in [0, 0.1) is 0 Å². The molecule has 0 aliphatic rings. The molecule has 0 fully saturated rings. The quantitative estimate of drug-likeness (QED) is 0.912. The second-order valence-electron chi connectivity index (χ2n) is 4.76. The molecule has 106 valence electrons. The van der Waals surface area contributed by atoms with Crippen molar-refractivity contribution in [2.75, 3.05) is 26.0 Å². The van der Waals surface area contributed by atoms with Crippen LogP contribution in [0.25, 0.3) is 0 Å². The van der Waals surface area contributed by atoms with Gasteiger partial charge in [-0.2, -0.15) is 5.10 Å². The summed E-state index contributed by atoms with van der Waals surface area (Å²) in [6.07, 6.45) is 3.49. The summed E-state index contributed by atoms with van der Waals surface area (Å²) in [5.74, 6) is -0.140. The summed E-state index contributed by atoms with van der Waals surface area (Å²) in [5.41, 5.74) is 1.31. The number of aromatic nitrogens is 2. The van der Waals surface area contributed by atoms with Gasteiger partial charge < -0.3 is 10.2 Å². The first kappa shape index (κ1) is 14.7. The van der Waals surface area contributed by atoms with Crippen LogP contribution in [-0.4, -0.2) is 41.2 Å². The maximum absolute atomic E-state index is 12.1. The fourth-order valence-corrected chi connectivity index (χ4v) is 2.09. The van der Waals surface area contributed by atoms with Crippen molar-refractivity contribution in [1.29, 1.82) is 0 Å². The molecule has 6 heteroatoms. The number of nitrogens with one attached hydrogen (secondary N) is 1. The van der Waals surface area contributed by atoms with Gasteiger partial charge in [-0.1, -0.05) is 22.0 Å². The molecule has 1 N–H and O–H groups in total. The fourth-order valence-electron chi connectivity index (χ4n) is 1.69. The van der Waals surface area contributed by atoms with Crippen LogP contribution in [0.15, 0.2) is 41.1 Å². The van der Waals surface area contributed by atoms with Gasteiger partial charge in [-0.15, -0.1) is 0 Å². The Morgan fingerprint density at radius 1 is 1.45 bits per heavy atom. The Hall–Kier alpha value is -1.66. The van der Waals surface area contributed by atoms with Crippen molar-refractivity contribution in [2.45, 2.75) is 6.54 Å². The topological polar surface area (TPSA) is 50.2 Å². The molecular weight excluding hydrogens is 320 g/mol. The first-order valence-electron chi connectivity index (χ1n) is 6.29. The predicted octanol–water partition coefficient (Wildman–Crippen LogP) is 2.46. The average Bonchev–Trinajstić information content (AvgIpc) is 2.84. The zero-order chi connectivity index (χ0) is 14.5. The van der Waals surface area contributed by atoms with Crippen LogP contribution < -0.4 is 5.32 Å². The van der Waals surface area contributed by atoms with E-state index >= 15 is 0 Å². The van der Waals surface area contributed by atoms with Crippen LogP contribution in [0.5, 0.6) is 0 Å². The molecule has 0 saturated carbocycles. The molecule has 0 radical (unpaired) electrons. The minimum Gasteiger partial charge on any atom is -0.319 e. The lowest BCUT2D eigenvalue weighted by Gasteiger charge is -2.08. The Labute approximate surface area is 126 Å². The molecule has 20 heavy (non-hydrogen) atoms. The highest BCUT2D eigenvalue weighted by atomic mass is 79.9. The minimum absolute atomic E-state index is 0.140. The van der Waals surface area contributed by atoms with Crippen molar-refractivity contribution in [3.05, 3.63) is 46.7 Å². The molecule has 0 saturated heterocycles. The molecule has 0 aliphatic heterocycles. The summed E-state index contributed by atoms with van der Waals surface area (Å²) < 4.78 is 2.70. The van der Waals surface area contributed by atoms with Crippen molar-refractivity contribution < 1.29 is 4.79 Å². The Kier molecular flexibility index (Phi) is 4.92. The van der Waals surface area contributed by atoms with Gasteiger partial charge in [0.05, 0.1) is 18.4 Å².